The van der Waals surface area contributed by atoms with E-state index in [0.717, 1.165) is 37.9 Å². The van der Waals surface area contributed by atoms with Gasteiger partial charge in [0.2, 0.25) is 0 Å². The summed E-state index contributed by atoms with van der Waals surface area (Å²) in [6.45, 7) is 11.7. The van der Waals surface area contributed by atoms with Crippen LogP contribution in [0.4, 0.5) is 5.69 Å². The van der Waals surface area contributed by atoms with Gasteiger partial charge in [0.05, 0.1) is 4.90 Å². The number of rotatable bonds is 3. The highest BCUT2D eigenvalue weighted by molar-refractivity contribution is 9.10. The minimum Gasteiger partial charge on any atom is -0.280 e. The summed E-state index contributed by atoms with van der Waals surface area (Å²) < 4.78 is 29.5. The van der Waals surface area contributed by atoms with Crippen LogP contribution in [-0.4, -0.2) is 8.42 Å². The van der Waals surface area contributed by atoms with Crippen LogP contribution in [0.15, 0.2) is 27.6 Å². The molecule has 0 spiro atoms. The Labute approximate surface area is 147 Å². The van der Waals surface area contributed by atoms with E-state index in [1.165, 1.54) is 0 Å². The van der Waals surface area contributed by atoms with Crippen molar-refractivity contribution in [2.75, 3.05) is 4.72 Å². The van der Waals surface area contributed by atoms with Gasteiger partial charge >= 0.3 is 0 Å². The van der Waals surface area contributed by atoms with Crippen molar-refractivity contribution in [2.24, 2.45) is 0 Å². The zero-order valence-electron chi connectivity index (χ0n) is 14.3. The van der Waals surface area contributed by atoms with Gasteiger partial charge in [0.1, 0.15) is 0 Å². The molecular weight excluding hydrogens is 374 g/mol. The molecule has 124 valence electrons. The van der Waals surface area contributed by atoms with Crippen LogP contribution in [0.5, 0.6) is 0 Å². The smallest absolute Gasteiger partial charge is 0.262 e. The predicted molar refractivity (Wildman–Crippen MR) is 99.8 cm³/mol. The molecule has 3 nitrogen and oxygen atoms in total. The number of hydrogen-bond acceptors (Lipinski definition) is 2. The minimum absolute atomic E-state index is 0.388. The molecule has 2 rings (SSSR count). The zero-order chi connectivity index (χ0) is 17.5. The third-order valence-corrected chi connectivity index (χ3v) is 7.15. The third kappa shape index (κ3) is 3.31. The molecule has 0 aliphatic rings. The van der Waals surface area contributed by atoms with Crippen LogP contribution in [0.2, 0.25) is 0 Å². The van der Waals surface area contributed by atoms with Crippen LogP contribution in [-0.2, 0) is 10.0 Å². The van der Waals surface area contributed by atoms with Gasteiger partial charge in [0.25, 0.3) is 10.0 Å². The van der Waals surface area contributed by atoms with Gasteiger partial charge in [-0.25, -0.2) is 8.42 Å². The van der Waals surface area contributed by atoms with Crippen molar-refractivity contribution in [3.63, 3.8) is 0 Å². The molecular formula is C18H22BrNO2S. The third-order valence-electron chi connectivity index (χ3n) is 4.61. The molecule has 0 heterocycles. The summed E-state index contributed by atoms with van der Waals surface area (Å²) in [5.41, 5.74) is 6.38. The maximum atomic E-state index is 12.9. The number of aryl methyl sites for hydroxylation is 1. The van der Waals surface area contributed by atoms with Crippen LogP contribution in [0.1, 0.15) is 33.4 Å². The second kappa shape index (κ2) is 6.29. The van der Waals surface area contributed by atoms with E-state index in [0.29, 0.717) is 10.6 Å². The predicted octanol–water partition coefficient (Wildman–Crippen LogP) is 5.10. The van der Waals surface area contributed by atoms with Gasteiger partial charge in [0.15, 0.2) is 0 Å². The fraction of sp³-hybridized carbons (Fsp3) is 0.333. The van der Waals surface area contributed by atoms with Crippen molar-refractivity contribution in [2.45, 2.75) is 46.4 Å². The zero-order valence-corrected chi connectivity index (χ0v) is 16.7. The Hall–Kier alpha value is -1.33. The lowest BCUT2D eigenvalue weighted by Crippen LogP contribution is -2.17. The second-order valence-corrected chi connectivity index (χ2v) is 8.50. The van der Waals surface area contributed by atoms with E-state index in [1.54, 1.807) is 6.07 Å². The van der Waals surface area contributed by atoms with E-state index < -0.39 is 10.0 Å². The highest BCUT2D eigenvalue weighted by Crippen LogP contribution is 2.31. The molecule has 23 heavy (non-hydrogen) atoms. The Morgan fingerprint density at radius 1 is 0.826 bits per heavy atom. The topological polar surface area (TPSA) is 46.2 Å². The first kappa shape index (κ1) is 18.0. The Kier molecular flexibility index (Phi) is 4.92. The SMILES string of the molecule is Cc1cc(NS(=O)(=O)c2c(C)c(C)c(C)c(C)c2C)ccc1Br. The summed E-state index contributed by atoms with van der Waals surface area (Å²) in [5.74, 6) is 0. The molecule has 0 fully saturated rings. The van der Waals surface area contributed by atoms with Crippen molar-refractivity contribution in [1.82, 2.24) is 0 Å². The molecule has 0 aliphatic heterocycles. The van der Waals surface area contributed by atoms with Crippen LogP contribution < -0.4 is 4.72 Å². The van der Waals surface area contributed by atoms with E-state index in [1.807, 2.05) is 53.7 Å². The lowest BCUT2D eigenvalue weighted by Gasteiger charge is -2.19. The van der Waals surface area contributed by atoms with E-state index >= 15 is 0 Å². The Morgan fingerprint density at radius 2 is 1.30 bits per heavy atom. The normalized spacial score (nSPS) is 11.6. The Bertz CT molecular complexity index is 857. The summed E-state index contributed by atoms with van der Waals surface area (Å²) in [7, 11) is -3.63. The molecule has 0 bridgehead atoms. The minimum atomic E-state index is -3.63. The van der Waals surface area contributed by atoms with E-state index in [9.17, 15) is 8.42 Å². The van der Waals surface area contributed by atoms with Gasteiger partial charge < -0.3 is 0 Å². The van der Waals surface area contributed by atoms with Crippen LogP contribution in [0.25, 0.3) is 0 Å². The number of nitrogens with one attached hydrogen (secondary N) is 1. The lowest BCUT2D eigenvalue weighted by atomic mass is 9.95. The van der Waals surface area contributed by atoms with Gasteiger partial charge in [0, 0.05) is 10.2 Å². The highest BCUT2D eigenvalue weighted by Gasteiger charge is 2.23. The van der Waals surface area contributed by atoms with Crippen molar-refractivity contribution < 1.29 is 8.42 Å². The largest absolute Gasteiger partial charge is 0.280 e. The van der Waals surface area contributed by atoms with Crippen molar-refractivity contribution in [3.8, 4) is 0 Å². The quantitative estimate of drug-likeness (QED) is 0.785. The van der Waals surface area contributed by atoms with E-state index in [2.05, 4.69) is 20.7 Å². The summed E-state index contributed by atoms with van der Waals surface area (Å²) in [6.07, 6.45) is 0. The maximum Gasteiger partial charge on any atom is 0.262 e. The number of hydrogen-bond donors (Lipinski definition) is 1. The molecule has 0 aliphatic carbocycles. The van der Waals surface area contributed by atoms with Crippen molar-refractivity contribution >= 4 is 31.6 Å². The Morgan fingerprint density at radius 3 is 1.78 bits per heavy atom. The average Bonchev–Trinajstić information content (AvgIpc) is 2.46. The Balaban J connectivity index is 2.58. The molecule has 0 atom stereocenters. The molecule has 0 aromatic heterocycles. The fourth-order valence-corrected chi connectivity index (χ4v) is 4.68. The number of halogens is 1. The summed E-state index contributed by atoms with van der Waals surface area (Å²) >= 11 is 3.43. The molecule has 1 N–H and O–H groups in total. The fourth-order valence-electron chi connectivity index (χ4n) is 2.78. The van der Waals surface area contributed by atoms with Crippen molar-refractivity contribution in [1.29, 1.82) is 0 Å². The number of benzene rings is 2. The summed E-state index contributed by atoms with van der Waals surface area (Å²) in [6, 6.07) is 5.42. The molecule has 0 saturated carbocycles. The monoisotopic (exact) mass is 395 g/mol. The second-order valence-electron chi connectivity index (χ2n) is 6.02. The van der Waals surface area contributed by atoms with Gasteiger partial charge in [-0.3, -0.25) is 4.72 Å². The molecule has 5 heteroatoms. The van der Waals surface area contributed by atoms with Gasteiger partial charge in [-0.1, -0.05) is 15.9 Å². The molecule has 0 amide bonds. The number of anilines is 1. The first-order valence-corrected chi connectivity index (χ1v) is 9.69. The van der Waals surface area contributed by atoms with Crippen LogP contribution in [0, 0.1) is 41.5 Å². The molecule has 2 aromatic carbocycles. The summed E-state index contributed by atoms with van der Waals surface area (Å²) in [5, 5.41) is 0. The molecule has 0 radical (unpaired) electrons. The average molecular weight is 396 g/mol. The highest BCUT2D eigenvalue weighted by atomic mass is 79.9. The van der Waals surface area contributed by atoms with Gasteiger partial charge in [-0.15, -0.1) is 0 Å². The lowest BCUT2D eigenvalue weighted by molar-refractivity contribution is 0.599. The maximum absolute atomic E-state index is 12.9. The van der Waals surface area contributed by atoms with Crippen molar-refractivity contribution in [3.05, 3.63) is 56.1 Å². The van der Waals surface area contributed by atoms with Crippen LogP contribution in [0.3, 0.4) is 0 Å². The molecule has 2 aromatic rings. The van der Waals surface area contributed by atoms with Crippen LogP contribution >= 0.6 is 15.9 Å². The number of sulfonamides is 1. The van der Waals surface area contributed by atoms with E-state index in [4.69, 9.17) is 0 Å². The van der Waals surface area contributed by atoms with E-state index in [-0.39, 0.29) is 0 Å². The van der Waals surface area contributed by atoms with Gasteiger partial charge in [-0.2, -0.15) is 0 Å². The summed E-state index contributed by atoms with van der Waals surface area (Å²) in [4.78, 5) is 0.388. The first-order chi connectivity index (χ1) is 10.6. The van der Waals surface area contributed by atoms with Gasteiger partial charge in [-0.05, 0) is 93.1 Å². The standard InChI is InChI=1S/C18H22BrNO2S/c1-10-9-16(7-8-17(10)19)20-23(21,22)18-14(5)12(3)11(2)13(4)15(18)6/h7-9,20H,1-6H3. The molecule has 0 saturated heterocycles. The first-order valence-electron chi connectivity index (χ1n) is 7.42. The molecule has 0 unspecified atom stereocenters.